The van der Waals surface area contributed by atoms with Gasteiger partial charge < -0.3 is 9.30 Å². The van der Waals surface area contributed by atoms with Gasteiger partial charge in [0.1, 0.15) is 5.75 Å². The first-order valence-electron chi connectivity index (χ1n) is 6.34. The SMILES string of the molecule is CCCCC(=O)c1cn(C)c2cccc(OC)c12. The maximum absolute atomic E-state index is 12.2. The van der Waals surface area contributed by atoms with E-state index in [2.05, 4.69) is 6.92 Å². The molecule has 3 nitrogen and oxygen atoms in total. The summed E-state index contributed by atoms with van der Waals surface area (Å²) in [5.41, 5.74) is 1.81. The highest BCUT2D eigenvalue weighted by atomic mass is 16.5. The predicted molar refractivity (Wildman–Crippen MR) is 73.3 cm³/mol. The first-order chi connectivity index (χ1) is 8.69. The third-order valence-corrected chi connectivity index (χ3v) is 3.25. The first-order valence-corrected chi connectivity index (χ1v) is 6.34. The molecule has 0 unspecified atom stereocenters. The van der Waals surface area contributed by atoms with Crippen LogP contribution in [0.4, 0.5) is 0 Å². The second-order valence-electron chi connectivity index (χ2n) is 4.53. The molecule has 1 aromatic heterocycles. The molecule has 0 radical (unpaired) electrons. The zero-order chi connectivity index (χ0) is 13.1. The number of benzene rings is 1. The maximum atomic E-state index is 12.2. The fraction of sp³-hybridized carbons (Fsp3) is 0.400. The van der Waals surface area contributed by atoms with Crippen molar-refractivity contribution in [2.75, 3.05) is 7.11 Å². The molecular weight excluding hydrogens is 226 g/mol. The molecule has 0 bridgehead atoms. The number of Topliss-reactive ketones (excluding diaryl/α,β-unsaturated/α-hetero) is 1. The maximum Gasteiger partial charge on any atom is 0.165 e. The van der Waals surface area contributed by atoms with E-state index in [9.17, 15) is 4.79 Å². The van der Waals surface area contributed by atoms with Gasteiger partial charge in [-0.15, -0.1) is 0 Å². The lowest BCUT2D eigenvalue weighted by Crippen LogP contribution is -1.98. The number of hydrogen-bond donors (Lipinski definition) is 0. The lowest BCUT2D eigenvalue weighted by Gasteiger charge is -2.04. The Morgan fingerprint density at radius 3 is 2.83 bits per heavy atom. The molecule has 0 aliphatic rings. The number of ether oxygens (including phenoxy) is 1. The van der Waals surface area contributed by atoms with E-state index in [1.807, 2.05) is 36.0 Å². The summed E-state index contributed by atoms with van der Waals surface area (Å²) in [7, 11) is 3.60. The number of unbranched alkanes of at least 4 members (excludes halogenated alkanes) is 1. The van der Waals surface area contributed by atoms with Crippen molar-refractivity contribution in [2.45, 2.75) is 26.2 Å². The Bertz CT molecular complexity index is 569. The molecule has 2 rings (SSSR count). The second-order valence-corrected chi connectivity index (χ2v) is 4.53. The number of aromatic nitrogens is 1. The van der Waals surface area contributed by atoms with Gasteiger partial charge in [-0.1, -0.05) is 19.4 Å². The summed E-state index contributed by atoms with van der Waals surface area (Å²) in [6.07, 6.45) is 4.48. The van der Waals surface area contributed by atoms with Crippen LogP contribution in [0.1, 0.15) is 36.5 Å². The van der Waals surface area contributed by atoms with E-state index < -0.39 is 0 Å². The zero-order valence-electron chi connectivity index (χ0n) is 11.2. The summed E-state index contributed by atoms with van der Waals surface area (Å²) in [6, 6.07) is 5.86. The monoisotopic (exact) mass is 245 g/mol. The van der Waals surface area contributed by atoms with Gasteiger partial charge in [-0.05, 0) is 18.6 Å². The normalized spacial score (nSPS) is 10.8. The van der Waals surface area contributed by atoms with Crippen molar-refractivity contribution in [2.24, 2.45) is 7.05 Å². The molecule has 0 saturated heterocycles. The van der Waals surface area contributed by atoms with Crippen molar-refractivity contribution in [3.8, 4) is 5.75 Å². The van der Waals surface area contributed by atoms with E-state index in [-0.39, 0.29) is 5.78 Å². The van der Waals surface area contributed by atoms with Crippen molar-refractivity contribution in [1.82, 2.24) is 4.57 Å². The minimum Gasteiger partial charge on any atom is -0.496 e. The van der Waals surface area contributed by atoms with Gasteiger partial charge in [-0.25, -0.2) is 0 Å². The molecule has 0 aliphatic heterocycles. The Balaban J connectivity index is 2.53. The van der Waals surface area contributed by atoms with E-state index in [1.165, 1.54) is 0 Å². The molecule has 3 heteroatoms. The molecule has 0 spiro atoms. The molecule has 0 fully saturated rings. The Hall–Kier alpha value is -1.77. The molecule has 96 valence electrons. The van der Waals surface area contributed by atoms with Crippen LogP contribution in [0.5, 0.6) is 5.75 Å². The van der Waals surface area contributed by atoms with Crippen LogP contribution in [-0.2, 0) is 7.05 Å². The number of rotatable bonds is 5. The number of fused-ring (bicyclic) bond motifs is 1. The van der Waals surface area contributed by atoms with Crippen LogP contribution in [-0.4, -0.2) is 17.5 Å². The molecular formula is C15H19NO2. The number of methoxy groups -OCH3 is 1. The van der Waals surface area contributed by atoms with Crippen LogP contribution >= 0.6 is 0 Å². The number of nitrogens with zero attached hydrogens (tertiary/aromatic N) is 1. The van der Waals surface area contributed by atoms with E-state index >= 15 is 0 Å². The lowest BCUT2D eigenvalue weighted by atomic mass is 10.0. The molecule has 0 saturated carbocycles. The highest BCUT2D eigenvalue weighted by Crippen LogP contribution is 2.31. The number of aryl methyl sites for hydroxylation is 1. The predicted octanol–water partition coefficient (Wildman–Crippen LogP) is 3.56. The van der Waals surface area contributed by atoms with Gasteiger partial charge in [0.2, 0.25) is 0 Å². The summed E-state index contributed by atoms with van der Waals surface area (Å²) < 4.78 is 7.35. The van der Waals surface area contributed by atoms with Crippen molar-refractivity contribution < 1.29 is 9.53 Å². The Labute approximate surface area is 107 Å². The molecule has 18 heavy (non-hydrogen) atoms. The quantitative estimate of drug-likeness (QED) is 0.754. The van der Waals surface area contributed by atoms with Crippen LogP contribution in [0.15, 0.2) is 24.4 Å². The van der Waals surface area contributed by atoms with Crippen LogP contribution in [0.3, 0.4) is 0 Å². The second kappa shape index (κ2) is 5.25. The van der Waals surface area contributed by atoms with E-state index in [4.69, 9.17) is 4.74 Å². The zero-order valence-corrected chi connectivity index (χ0v) is 11.2. The number of ketones is 1. The minimum absolute atomic E-state index is 0.201. The summed E-state index contributed by atoms with van der Waals surface area (Å²) in [6.45, 7) is 2.09. The van der Waals surface area contributed by atoms with Gasteiger partial charge >= 0.3 is 0 Å². The Morgan fingerprint density at radius 2 is 2.17 bits per heavy atom. The van der Waals surface area contributed by atoms with Crippen molar-refractivity contribution in [1.29, 1.82) is 0 Å². The molecule has 0 aliphatic carbocycles. The highest BCUT2D eigenvalue weighted by molar-refractivity contribution is 6.10. The summed E-state index contributed by atoms with van der Waals surface area (Å²) in [5.74, 6) is 0.972. The van der Waals surface area contributed by atoms with Crippen molar-refractivity contribution in [3.63, 3.8) is 0 Å². The van der Waals surface area contributed by atoms with E-state index in [1.54, 1.807) is 7.11 Å². The van der Waals surface area contributed by atoms with E-state index in [0.29, 0.717) is 6.42 Å². The average molecular weight is 245 g/mol. The van der Waals surface area contributed by atoms with Gasteiger partial charge in [0.15, 0.2) is 5.78 Å². The van der Waals surface area contributed by atoms with Crippen LogP contribution < -0.4 is 4.74 Å². The molecule has 1 heterocycles. The highest BCUT2D eigenvalue weighted by Gasteiger charge is 2.16. The number of carbonyl (C=O) groups excluding carboxylic acids is 1. The largest absolute Gasteiger partial charge is 0.496 e. The van der Waals surface area contributed by atoms with Gasteiger partial charge in [-0.3, -0.25) is 4.79 Å². The molecule has 0 N–H and O–H groups in total. The Kier molecular flexibility index (Phi) is 3.70. The van der Waals surface area contributed by atoms with Gasteiger partial charge in [0, 0.05) is 25.2 Å². The first kappa shape index (κ1) is 12.7. The Morgan fingerprint density at radius 1 is 1.39 bits per heavy atom. The van der Waals surface area contributed by atoms with Gasteiger partial charge in [0.05, 0.1) is 18.0 Å². The third kappa shape index (κ3) is 2.13. The topological polar surface area (TPSA) is 31.2 Å². The minimum atomic E-state index is 0.201. The lowest BCUT2D eigenvalue weighted by molar-refractivity contribution is 0.0981. The number of carbonyl (C=O) groups is 1. The third-order valence-electron chi connectivity index (χ3n) is 3.25. The fourth-order valence-electron chi connectivity index (χ4n) is 2.27. The number of hydrogen-bond acceptors (Lipinski definition) is 2. The molecule has 1 aromatic carbocycles. The van der Waals surface area contributed by atoms with E-state index in [0.717, 1.165) is 35.1 Å². The summed E-state index contributed by atoms with van der Waals surface area (Å²) in [4.78, 5) is 12.2. The molecule has 2 aromatic rings. The van der Waals surface area contributed by atoms with Crippen molar-refractivity contribution in [3.05, 3.63) is 30.0 Å². The summed E-state index contributed by atoms with van der Waals surface area (Å²) in [5, 5.41) is 0.934. The van der Waals surface area contributed by atoms with Crippen LogP contribution in [0.25, 0.3) is 10.9 Å². The van der Waals surface area contributed by atoms with Gasteiger partial charge in [-0.2, -0.15) is 0 Å². The standard InChI is InChI=1S/C15H19NO2/c1-4-5-8-13(17)11-10-16(2)12-7-6-9-14(18-3)15(11)12/h6-7,9-10H,4-5,8H2,1-3H3. The molecule has 0 atom stereocenters. The van der Waals surface area contributed by atoms with Crippen LogP contribution in [0.2, 0.25) is 0 Å². The molecule has 0 amide bonds. The van der Waals surface area contributed by atoms with Crippen LogP contribution in [0, 0.1) is 0 Å². The fourth-order valence-corrected chi connectivity index (χ4v) is 2.27. The summed E-state index contributed by atoms with van der Waals surface area (Å²) >= 11 is 0. The van der Waals surface area contributed by atoms with Crippen molar-refractivity contribution >= 4 is 16.7 Å². The van der Waals surface area contributed by atoms with Gasteiger partial charge in [0.25, 0.3) is 0 Å². The smallest absolute Gasteiger partial charge is 0.165 e. The average Bonchev–Trinajstić information content (AvgIpc) is 2.74.